The van der Waals surface area contributed by atoms with Crippen molar-refractivity contribution in [2.24, 2.45) is 5.92 Å². The van der Waals surface area contributed by atoms with Crippen molar-refractivity contribution >= 4 is 11.9 Å². The molecule has 0 saturated heterocycles. The number of hydrogen-bond acceptors (Lipinski definition) is 4. The molecule has 6 heteroatoms. The zero-order valence-electron chi connectivity index (χ0n) is 10.2. The summed E-state index contributed by atoms with van der Waals surface area (Å²) in [6, 6.07) is 5.31. The first-order chi connectivity index (χ1) is 9.04. The summed E-state index contributed by atoms with van der Waals surface area (Å²) in [6.07, 6.45) is 0.0523. The number of ether oxygens (including phenoxy) is 2. The molecule has 6 nitrogen and oxygen atoms in total. The molecule has 0 spiro atoms. The van der Waals surface area contributed by atoms with E-state index in [-0.39, 0.29) is 19.6 Å². The minimum absolute atomic E-state index is 0.166. The van der Waals surface area contributed by atoms with E-state index in [1.165, 1.54) is 0 Å². The molecule has 19 heavy (non-hydrogen) atoms. The Balaban J connectivity index is 2.07. The fourth-order valence-electron chi connectivity index (χ4n) is 2.11. The van der Waals surface area contributed by atoms with Crippen molar-refractivity contribution in [3.05, 3.63) is 23.8 Å². The van der Waals surface area contributed by atoms with Gasteiger partial charge in [0, 0.05) is 12.8 Å². The smallest absolute Gasteiger partial charge is 0.303 e. The number of hydrogen-bond donors (Lipinski definition) is 2. The molecule has 1 aliphatic rings. The van der Waals surface area contributed by atoms with Crippen LogP contribution < -0.4 is 9.47 Å². The molecular weight excluding hydrogens is 252 g/mol. The van der Waals surface area contributed by atoms with Gasteiger partial charge in [0.05, 0.1) is 0 Å². The molecule has 0 fully saturated rings. The van der Waals surface area contributed by atoms with Crippen LogP contribution in [0.5, 0.6) is 11.5 Å². The summed E-state index contributed by atoms with van der Waals surface area (Å²) in [6.45, 7) is 0.173. The van der Waals surface area contributed by atoms with Crippen molar-refractivity contribution in [1.29, 1.82) is 0 Å². The van der Waals surface area contributed by atoms with E-state index in [4.69, 9.17) is 19.7 Å². The second kappa shape index (κ2) is 5.60. The normalized spacial score (nSPS) is 12.7. The minimum Gasteiger partial charge on any atom is -0.481 e. The van der Waals surface area contributed by atoms with Gasteiger partial charge in [0.1, 0.15) is 0 Å². The molecule has 0 bridgehead atoms. The van der Waals surface area contributed by atoms with Gasteiger partial charge in [-0.25, -0.2) is 0 Å². The van der Waals surface area contributed by atoms with Crippen molar-refractivity contribution in [3.8, 4) is 11.5 Å². The summed E-state index contributed by atoms with van der Waals surface area (Å²) >= 11 is 0. The molecule has 1 aliphatic heterocycles. The Kier molecular flexibility index (Phi) is 3.89. The number of carboxylic acids is 2. The van der Waals surface area contributed by atoms with Crippen LogP contribution >= 0.6 is 0 Å². The third kappa shape index (κ3) is 3.61. The Morgan fingerprint density at radius 1 is 1.11 bits per heavy atom. The summed E-state index contributed by atoms with van der Waals surface area (Å²) in [5.41, 5.74) is 0.844. The molecule has 102 valence electrons. The fourth-order valence-corrected chi connectivity index (χ4v) is 2.11. The van der Waals surface area contributed by atoms with Crippen molar-refractivity contribution in [3.63, 3.8) is 0 Å². The molecule has 0 radical (unpaired) electrons. The van der Waals surface area contributed by atoms with Crippen LogP contribution in [0.3, 0.4) is 0 Å². The maximum Gasteiger partial charge on any atom is 0.303 e. The van der Waals surface area contributed by atoms with Crippen LogP contribution in [0.1, 0.15) is 18.4 Å². The Bertz CT molecular complexity index is 480. The van der Waals surface area contributed by atoms with E-state index in [1.54, 1.807) is 18.2 Å². The lowest BCUT2D eigenvalue weighted by molar-refractivity contribution is -0.140. The maximum atomic E-state index is 10.7. The summed E-state index contributed by atoms with van der Waals surface area (Å²) in [4.78, 5) is 21.5. The molecular formula is C13H14O6. The molecule has 2 N–H and O–H groups in total. The third-order valence-corrected chi connectivity index (χ3v) is 2.89. The predicted molar refractivity (Wildman–Crippen MR) is 64.3 cm³/mol. The van der Waals surface area contributed by atoms with Gasteiger partial charge in [-0.15, -0.1) is 0 Å². The summed E-state index contributed by atoms with van der Waals surface area (Å²) < 4.78 is 10.4. The summed E-state index contributed by atoms with van der Waals surface area (Å²) in [5.74, 6) is -1.16. The van der Waals surface area contributed by atoms with Gasteiger partial charge in [-0.1, -0.05) is 6.07 Å². The highest BCUT2D eigenvalue weighted by Gasteiger charge is 2.19. The van der Waals surface area contributed by atoms with Crippen molar-refractivity contribution in [2.75, 3.05) is 6.79 Å². The lowest BCUT2D eigenvalue weighted by Crippen LogP contribution is -2.15. The molecule has 1 heterocycles. The highest BCUT2D eigenvalue weighted by Crippen LogP contribution is 2.33. The Morgan fingerprint density at radius 3 is 2.37 bits per heavy atom. The van der Waals surface area contributed by atoms with E-state index < -0.39 is 17.9 Å². The highest BCUT2D eigenvalue weighted by molar-refractivity contribution is 5.70. The number of rotatable bonds is 6. The van der Waals surface area contributed by atoms with Crippen molar-refractivity contribution in [2.45, 2.75) is 19.3 Å². The van der Waals surface area contributed by atoms with Gasteiger partial charge in [-0.3, -0.25) is 9.59 Å². The molecule has 2 rings (SSSR count). The highest BCUT2D eigenvalue weighted by atomic mass is 16.7. The molecule has 0 saturated carbocycles. The molecule has 0 aliphatic carbocycles. The standard InChI is InChI=1S/C13H14O6/c14-12(15)5-9(6-13(16)17)3-8-1-2-10-11(4-8)19-7-18-10/h1-2,4,9H,3,5-7H2,(H,14,15)(H,16,17). The average Bonchev–Trinajstić information content (AvgIpc) is 2.74. The Morgan fingerprint density at radius 2 is 1.74 bits per heavy atom. The molecule has 1 aromatic carbocycles. The number of fused-ring (bicyclic) bond motifs is 1. The van der Waals surface area contributed by atoms with Crippen LogP contribution in [0.4, 0.5) is 0 Å². The first kappa shape index (κ1) is 13.2. The maximum absolute atomic E-state index is 10.7. The minimum atomic E-state index is -0.994. The zero-order chi connectivity index (χ0) is 13.8. The molecule has 0 aromatic heterocycles. The lowest BCUT2D eigenvalue weighted by atomic mass is 9.93. The predicted octanol–water partition coefficient (Wildman–Crippen LogP) is 1.52. The zero-order valence-corrected chi connectivity index (χ0v) is 10.2. The number of carbonyl (C=O) groups is 2. The van der Waals surface area contributed by atoms with Crippen LogP contribution in [0.2, 0.25) is 0 Å². The Hall–Kier alpha value is -2.24. The van der Waals surface area contributed by atoms with E-state index in [0.717, 1.165) is 5.56 Å². The van der Waals surface area contributed by atoms with E-state index in [1.807, 2.05) is 0 Å². The third-order valence-electron chi connectivity index (χ3n) is 2.89. The second-order valence-corrected chi connectivity index (χ2v) is 4.45. The van der Waals surface area contributed by atoms with Gasteiger partial charge >= 0.3 is 11.9 Å². The number of benzene rings is 1. The van der Waals surface area contributed by atoms with Gasteiger partial charge in [-0.2, -0.15) is 0 Å². The van der Waals surface area contributed by atoms with Gasteiger partial charge < -0.3 is 19.7 Å². The summed E-state index contributed by atoms with van der Waals surface area (Å²) in [5, 5.41) is 17.6. The largest absolute Gasteiger partial charge is 0.481 e. The monoisotopic (exact) mass is 266 g/mol. The second-order valence-electron chi connectivity index (χ2n) is 4.45. The lowest BCUT2D eigenvalue weighted by Gasteiger charge is -2.12. The van der Waals surface area contributed by atoms with Gasteiger partial charge in [-0.05, 0) is 30.0 Å². The van der Waals surface area contributed by atoms with E-state index >= 15 is 0 Å². The summed E-state index contributed by atoms with van der Waals surface area (Å²) in [7, 11) is 0. The van der Waals surface area contributed by atoms with Crippen LogP contribution in [0.25, 0.3) is 0 Å². The Labute approximate surface area is 109 Å². The van der Waals surface area contributed by atoms with E-state index in [9.17, 15) is 9.59 Å². The number of aliphatic carboxylic acids is 2. The SMILES string of the molecule is O=C(O)CC(CC(=O)O)Cc1ccc2c(c1)OCO2. The fraction of sp³-hybridized carbons (Fsp3) is 0.385. The van der Waals surface area contributed by atoms with Crippen LogP contribution in [-0.2, 0) is 16.0 Å². The van der Waals surface area contributed by atoms with E-state index in [2.05, 4.69) is 0 Å². The van der Waals surface area contributed by atoms with Crippen LogP contribution in [-0.4, -0.2) is 28.9 Å². The van der Waals surface area contributed by atoms with Gasteiger partial charge in [0.15, 0.2) is 11.5 Å². The first-order valence-electron chi connectivity index (χ1n) is 5.86. The van der Waals surface area contributed by atoms with Gasteiger partial charge in [0.25, 0.3) is 0 Å². The molecule has 0 atom stereocenters. The van der Waals surface area contributed by atoms with Crippen molar-refractivity contribution < 1.29 is 29.3 Å². The quantitative estimate of drug-likeness (QED) is 0.811. The van der Waals surface area contributed by atoms with E-state index in [0.29, 0.717) is 17.9 Å². The molecule has 0 amide bonds. The van der Waals surface area contributed by atoms with Crippen LogP contribution in [0.15, 0.2) is 18.2 Å². The van der Waals surface area contributed by atoms with Crippen LogP contribution in [0, 0.1) is 5.92 Å². The molecule has 1 aromatic rings. The van der Waals surface area contributed by atoms with Crippen molar-refractivity contribution in [1.82, 2.24) is 0 Å². The first-order valence-corrected chi connectivity index (χ1v) is 5.86. The average molecular weight is 266 g/mol. The molecule has 0 unspecified atom stereocenters. The number of carboxylic acid groups (broad SMARTS) is 2. The van der Waals surface area contributed by atoms with Gasteiger partial charge in [0.2, 0.25) is 6.79 Å². The topological polar surface area (TPSA) is 93.1 Å².